The van der Waals surface area contributed by atoms with Gasteiger partial charge in [0.05, 0.1) is 10.2 Å². The van der Waals surface area contributed by atoms with Crippen LogP contribution >= 0.6 is 23.7 Å². The molecule has 1 heterocycles. The maximum Gasteiger partial charge on any atom is 0.573 e. The first-order valence-electron chi connectivity index (χ1n) is 6.98. The standard InChI is InChI=1S/C14H16F3N3O2S.ClH/c1-3-8-5-9(22-14(15,16)17)6-10-12(8)20(13(18)23-10)7-11(21)19-4-2;/h5-6,18H,3-4,7H2,1-2H3,(H,19,21);1H. The monoisotopic (exact) mass is 383 g/mol. The highest BCUT2D eigenvalue weighted by Gasteiger charge is 2.31. The molecule has 1 aromatic heterocycles. The van der Waals surface area contributed by atoms with Gasteiger partial charge >= 0.3 is 6.36 Å². The summed E-state index contributed by atoms with van der Waals surface area (Å²) < 4.78 is 43.2. The van der Waals surface area contributed by atoms with Gasteiger partial charge in [0.1, 0.15) is 12.3 Å². The van der Waals surface area contributed by atoms with Crippen LogP contribution in [0.1, 0.15) is 19.4 Å². The van der Waals surface area contributed by atoms with Crippen molar-refractivity contribution in [3.63, 3.8) is 0 Å². The molecule has 0 radical (unpaired) electrons. The third-order valence-corrected chi connectivity index (χ3v) is 4.08. The highest BCUT2D eigenvalue weighted by molar-refractivity contribution is 7.16. The molecule has 0 bridgehead atoms. The zero-order valence-corrected chi connectivity index (χ0v) is 14.6. The number of thiazole rings is 1. The van der Waals surface area contributed by atoms with E-state index in [2.05, 4.69) is 10.1 Å². The van der Waals surface area contributed by atoms with Crippen molar-refractivity contribution < 1.29 is 22.7 Å². The summed E-state index contributed by atoms with van der Waals surface area (Å²) in [5, 5.41) is 10.6. The lowest BCUT2D eigenvalue weighted by Gasteiger charge is -2.12. The van der Waals surface area contributed by atoms with E-state index in [0.717, 1.165) is 11.3 Å². The van der Waals surface area contributed by atoms with E-state index >= 15 is 0 Å². The first-order valence-corrected chi connectivity index (χ1v) is 7.80. The minimum absolute atomic E-state index is 0. The van der Waals surface area contributed by atoms with Gasteiger partial charge < -0.3 is 14.6 Å². The molecule has 5 nitrogen and oxygen atoms in total. The molecule has 10 heteroatoms. The van der Waals surface area contributed by atoms with Gasteiger partial charge in [0, 0.05) is 6.54 Å². The smallest absolute Gasteiger partial charge is 0.406 e. The van der Waals surface area contributed by atoms with Gasteiger partial charge in [-0.05, 0) is 31.0 Å². The lowest BCUT2D eigenvalue weighted by atomic mass is 10.1. The molecule has 134 valence electrons. The van der Waals surface area contributed by atoms with E-state index in [0.29, 0.717) is 28.7 Å². The SMILES string of the molecule is CCNC(=O)Cn1c(=N)sc2cc(OC(F)(F)F)cc(CC)c21.Cl. The Labute approximate surface area is 146 Å². The lowest BCUT2D eigenvalue weighted by Crippen LogP contribution is -2.30. The number of likely N-dealkylation sites (N-methyl/N-ethyl adjacent to an activating group) is 1. The fourth-order valence-corrected chi connectivity index (χ4v) is 3.28. The molecule has 2 N–H and O–H groups in total. The summed E-state index contributed by atoms with van der Waals surface area (Å²) in [6, 6.07) is 2.55. The van der Waals surface area contributed by atoms with Crippen LogP contribution in [0.25, 0.3) is 10.2 Å². The van der Waals surface area contributed by atoms with E-state index in [4.69, 9.17) is 5.41 Å². The highest BCUT2D eigenvalue weighted by Crippen LogP contribution is 2.31. The van der Waals surface area contributed by atoms with E-state index < -0.39 is 6.36 Å². The van der Waals surface area contributed by atoms with Gasteiger partial charge in [-0.2, -0.15) is 0 Å². The number of nitrogens with zero attached hydrogens (tertiary/aromatic N) is 1. The van der Waals surface area contributed by atoms with Crippen molar-refractivity contribution in [2.45, 2.75) is 33.2 Å². The number of aryl methyl sites for hydroxylation is 1. The van der Waals surface area contributed by atoms with Crippen molar-refractivity contribution in [2.75, 3.05) is 6.54 Å². The summed E-state index contributed by atoms with van der Waals surface area (Å²) >= 11 is 1.01. The Hall–Kier alpha value is -1.74. The maximum atomic E-state index is 12.4. The van der Waals surface area contributed by atoms with Crippen LogP contribution in [0.2, 0.25) is 0 Å². The molecule has 24 heavy (non-hydrogen) atoms. The number of hydrogen-bond donors (Lipinski definition) is 2. The number of fused-ring (bicyclic) bond motifs is 1. The molecule has 1 aromatic carbocycles. The van der Waals surface area contributed by atoms with Crippen LogP contribution in [0, 0.1) is 5.41 Å². The van der Waals surface area contributed by atoms with Gasteiger partial charge in [-0.25, -0.2) is 0 Å². The number of rotatable bonds is 5. The van der Waals surface area contributed by atoms with Crippen LogP contribution in [0.15, 0.2) is 12.1 Å². The van der Waals surface area contributed by atoms with Crippen molar-refractivity contribution >= 4 is 39.9 Å². The summed E-state index contributed by atoms with van der Waals surface area (Å²) in [6.45, 7) is 4.01. The first-order chi connectivity index (χ1) is 10.7. The molecule has 0 aliphatic carbocycles. The molecule has 0 aliphatic rings. The molecule has 2 aromatic rings. The van der Waals surface area contributed by atoms with Crippen LogP contribution in [0.5, 0.6) is 5.75 Å². The fourth-order valence-electron chi connectivity index (χ4n) is 2.29. The quantitative estimate of drug-likeness (QED) is 0.832. The average Bonchev–Trinajstić information content (AvgIpc) is 2.72. The second-order valence-corrected chi connectivity index (χ2v) is 5.81. The Kier molecular flexibility index (Phi) is 6.67. The zero-order valence-electron chi connectivity index (χ0n) is 13.0. The van der Waals surface area contributed by atoms with E-state index in [-0.39, 0.29) is 35.4 Å². The van der Waals surface area contributed by atoms with Crippen molar-refractivity contribution in [2.24, 2.45) is 0 Å². The number of amides is 1. The van der Waals surface area contributed by atoms with E-state index in [1.807, 2.05) is 0 Å². The third kappa shape index (κ3) is 4.64. The highest BCUT2D eigenvalue weighted by atomic mass is 35.5. The molecule has 1 amide bonds. The van der Waals surface area contributed by atoms with Gasteiger partial charge in [-0.1, -0.05) is 18.3 Å². The number of carbonyl (C=O) groups is 1. The summed E-state index contributed by atoms with van der Waals surface area (Å²) in [5.41, 5.74) is 1.20. The topological polar surface area (TPSA) is 67.1 Å². The summed E-state index contributed by atoms with van der Waals surface area (Å²) in [6.07, 6.45) is -4.31. The Morgan fingerprint density at radius 1 is 1.38 bits per heavy atom. The van der Waals surface area contributed by atoms with Crippen LogP contribution < -0.4 is 14.9 Å². The molecule has 0 fully saturated rings. The third-order valence-electron chi connectivity index (χ3n) is 3.14. The van der Waals surface area contributed by atoms with E-state index in [1.54, 1.807) is 13.8 Å². The largest absolute Gasteiger partial charge is 0.573 e. The summed E-state index contributed by atoms with van der Waals surface area (Å²) in [5.74, 6) is -0.559. The number of nitrogens with one attached hydrogen (secondary N) is 2. The molecular weight excluding hydrogens is 367 g/mol. The Morgan fingerprint density at radius 3 is 2.58 bits per heavy atom. The average molecular weight is 384 g/mol. The molecule has 0 aliphatic heterocycles. The maximum absolute atomic E-state index is 12.4. The molecular formula is C14H17ClF3N3O2S. The first kappa shape index (κ1) is 20.3. The van der Waals surface area contributed by atoms with E-state index in [9.17, 15) is 18.0 Å². The normalized spacial score (nSPS) is 11.2. The molecule has 0 atom stereocenters. The predicted molar refractivity (Wildman–Crippen MR) is 87.7 cm³/mol. The lowest BCUT2D eigenvalue weighted by molar-refractivity contribution is -0.274. The molecule has 2 rings (SSSR count). The van der Waals surface area contributed by atoms with Crippen molar-refractivity contribution in [1.82, 2.24) is 9.88 Å². The molecule has 0 saturated heterocycles. The second kappa shape index (κ2) is 7.89. The van der Waals surface area contributed by atoms with Gasteiger partial charge in [-0.15, -0.1) is 25.6 Å². The van der Waals surface area contributed by atoms with Gasteiger partial charge in [0.2, 0.25) is 5.91 Å². The van der Waals surface area contributed by atoms with E-state index in [1.165, 1.54) is 16.7 Å². The Balaban J connectivity index is 0.00000288. The van der Waals surface area contributed by atoms with Gasteiger partial charge in [0.25, 0.3) is 0 Å². The van der Waals surface area contributed by atoms with Crippen molar-refractivity contribution in [1.29, 1.82) is 5.41 Å². The number of alkyl halides is 3. The molecule has 0 spiro atoms. The number of carbonyl (C=O) groups excluding carboxylic acids is 1. The minimum atomic E-state index is -4.77. The number of benzene rings is 1. The Morgan fingerprint density at radius 2 is 2.04 bits per heavy atom. The van der Waals surface area contributed by atoms with Crippen LogP contribution in [-0.2, 0) is 17.8 Å². The number of halogens is 4. The molecule has 0 saturated carbocycles. The van der Waals surface area contributed by atoms with Crippen LogP contribution in [0.3, 0.4) is 0 Å². The van der Waals surface area contributed by atoms with Crippen LogP contribution in [0.4, 0.5) is 13.2 Å². The minimum Gasteiger partial charge on any atom is -0.406 e. The Bertz CT molecular complexity index is 786. The number of ether oxygens (including phenoxy) is 1. The molecule has 0 unspecified atom stereocenters. The fraction of sp³-hybridized carbons (Fsp3) is 0.429. The van der Waals surface area contributed by atoms with Crippen molar-refractivity contribution in [3.8, 4) is 5.75 Å². The number of aromatic nitrogens is 1. The second-order valence-electron chi connectivity index (χ2n) is 4.78. The zero-order chi connectivity index (χ0) is 17.2. The van der Waals surface area contributed by atoms with Gasteiger partial charge in [-0.3, -0.25) is 10.2 Å². The van der Waals surface area contributed by atoms with Crippen LogP contribution in [-0.4, -0.2) is 23.4 Å². The predicted octanol–water partition coefficient (Wildman–Crippen LogP) is 3.20. The van der Waals surface area contributed by atoms with Gasteiger partial charge in [0.15, 0.2) is 4.80 Å². The van der Waals surface area contributed by atoms with Crippen molar-refractivity contribution in [3.05, 3.63) is 22.5 Å². The number of hydrogen-bond acceptors (Lipinski definition) is 4. The summed E-state index contributed by atoms with van der Waals surface area (Å²) in [4.78, 5) is 11.9. The summed E-state index contributed by atoms with van der Waals surface area (Å²) in [7, 11) is 0.